The molecule has 0 radical (unpaired) electrons. The van der Waals surface area contributed by atoms with Crippen molar-refractivity contribution in [2.45, 2.75) is 58.3 Å². The van der Waals surface area contributed by atoms with Crippen LogP contribution in [0.25, 0.3) is 11.8 Å². The van der Waals surface area contributed by atoms with Gasteiger partial charge in [-0.25, -0.2) is 9.07 Å². The zero-order valence-corrected chi connectivity index (χ0v) is 23.0. The molecule has 8 nitrogen and oxygen atoms in total. The molecule has 0 aliphatic rings. The average molecular weight is 538 g/mol. The number of ether oxygens (including phenoxy) is 1. The molecule has 0 bridgehead atoms. The normalized spacial score (nSPS) is 13.1. The van der Waals surface area contributed by atoms with Gasteiger partial charge >= 0.3 is 5.97 Å². The molecule has 1 aromatic heterocycles. The molecule has 1 heterocycles. The maximum absolute atomic E-state index is 13.7. The Morgan fingerprint density at radius 1 is 1.13 bits per heavy atom. The van der Waals surface area contributed by atoms with Gasteiger partial charge in [0.05, 0.1) is 37.1 Å². The van der Waals surface area contributed by atoms with Crippen molar-refractivity contribution in [2.75, 3.05) is 14.2 Å². The number of aliphatic hydroxyl groups excluding tert-OH is 2. The first-order valence-corrected chi connectivity index (χ1v) is 12.8. The number of hydrogen-bond donors (Lipinski definition) is 2. The summed E-state index contributed by atoms with van der Waals surface area (Å²) in [5.41, 5.74) is 4.10. The van der Waals surface area contributed by atoms with E-state index in [0.29, 0.717) is 23.5 Å². The van der Waals surface area contributed by atoms with Gasteiger partial charge in [0, 0.05) is 25.6 Å². The Morgan fingerprint density at radius 2 is 1.79 bits per heavy atom. The van der Waals surface area contributed by atoms with Gasteiger partial charge in [-0.1, -0.05) is 44.2 Å². The van der Waals surface area contributed by atoms with Crippen molar-refractivity contribution >= 4 is 18.0 Å². The number of amides is 1. The minimum atomic E-state index is -1.09. The lowest BCUT2D eigenvalue weighted by Gasteiger charge is -2.19. The van der Waals surface area contributed by atoms with Crippen molar-refractivity contribution < 1.29 is 28.9 Å². The number of rotatable bonds is 11. The van der Waals surface area contributed by atoms with Crippen molar-refractivity contribution in [1.29, 1.82) is 0 Å². The van der Waals surface area contributed by atoms with E-state index in [1.165, 1.54) is 25.3 Å². The molecule has 208 valence electrons. The third kappa shape index (κ3) is 7.61. The van der Waals surface area contributed by atoms with E-state index in [9.17, 15) is 24.2 Å². The van der Waals surface area contributed by atoms with Crippen LogP contribution in [-0.2, 0) is 16.1 Å². The summed E-state index contributed by atoms with van der Waals surface area (Å²) >= 11 is 0. The maximum Gasteiger partial charge on any atom is 0.308 e. The van der Waals surface area contributed by atoms with Crippen molar-refractivity contribution in [3.8, 4) is 5.69 Å². The fourth-order valence-electron chi connectivity index (χ4n) is 4.32. The number of methoxy groups -OCH3 is 1. The minimum Gasteiger partial charge on any atom is -0.469 e. The van der Waals surface area contributed by atoms with Crippen LogP contribution in [-0.4, -0.2) is 63.1 Å². The van der Waals surface area contributed by atoms with Crippen molar-refractivity contribution in [2.24, 2.45) is 0 Å². The topological polar surface area (TPSA) is 105 Å². The Morgan fingerprint density at radius 3 is 2.41 bits per heavy atom. The lowest BCUT2D eigenvalue weighted by molar-refractivity contribution is -0.143. The minimum absolute atomic E-state index is 0.0851. The smallest absolute Gasteiger partial charge is 0.308 e. The first-order chi connectivity index (χ1) is 18.5. The third-order valence-electron chi connectivity index (χ3n) is 6.45. The quantitative estimate of drug-likeness (QED) is 0.351. The summed E-state index contributed by atoms with van der Waals surface area (Å²) in [7, 11) is 2.95. The first kappa shape index (κ1) is 29.7. The molecule has 0 aliphatic heterocycles. The van der Waals surface area contributed by atoms with Gasteiger partial charge < -0.3 is 19.8 Å². The highest BCUT2D eigenvalue weighted by atomic mass is 19.1. The zero-order chi connectivity index (χ0) is 28.7. The van der Waals surface area contributed by atoms with E-state index in [1.54, 1.807) is 34.8 Å². The van der Waals surface area contributed by atoms with Crippen LogP contribution >= 0.6 is 0 Å². The van der Waals surface area contributed by atoms with Crippen LogP contribution in [0, 0.1) is 12.7 Å². The van der Waals surface area contributed by atoms with Crippen LogP contribution in [0.3, 0.4) is 0 Å². The summed E-state index contributed by atoms with van der Waals surface area (Å²) in [5, 5.41) is 25.3. The number of aromatic nitrogens is 2. The second kappa shape index (κ2) is 13.3. The predicted octanol–water partition coefficient (Wildman–Crippen LogP) is 4.40. The first-order valence-electron chi connectivity index (χ1n) is 12.8. The highest BCUT2D eigenvalue weighted by Crippen LogP contribution is 2.29. The third-order valence-corrected chi connectivity index (χ3v) is 6.45. The molecule has 9 heteroatoms. The maximum atomic E-state index is 13.7. The van der Waals surface area contributed by atoms with E-state index in [2.05, 4.69) is 9.84 Å². The summed E-state index contributed by atoms with van der Waals surface area (Å²) in [6, 6.07) is 13.6. The SMILES string of the molecule is COC(=O)C[C@H](O)C[C@H](O)/C=C/c1c(C(C)C)c(C(=O)N(C)Cc2ccccc2C)nn1-c1ccc(F)cc1. The molecule has 39 heavy (non-hydrogen) atoms. The van der Waals surface area contributed by atoms with Crippen LogP contribution in [0.1, 0.15) is 65.5 Å². The Bertz CT molecular complexity index is 1320. The molecule has 0 aliphatic carbocycles. The van der Waals surface area contributed by atoms with E-state index in [4.69, 9.17) is 0 Å². The molecule has 0 saturated heterocycles. The molecule has 2 N–H and O–H groups in total. The number of esters is 1. The Balaban J connectivity index is 2.01. The molecule has 0 saturated carbocycles. The molecule has 2 atom stereocenters. The predicted molar refractivity (Wildman–Crippen MR) is 147 cm³/mol. The summed E-state index contributed by atoms with van der Waals surface area (Å²) in [4.78, 5) is 26.7. The summed E-state index contributed by atoms with van der Waals surface area (Å²) in [5.74, 6) is -1.37. The molecule has 0 fully saturated rings. The Hall–Kier alpha value is -3.82. The molecule has 0 unspecified atom stereocenters. The molecular weight excluding hydrogens is 501 g/mol. The van der Waals surface area contributed by atoms with Crippen molar-refractivity contribution in [3.63, 3.8) is 0 Å². The number of carbonyl (C=O) groups is 2. The van der Waals surface area contributed by atoms with E-state index in [1.807, 2.05) is 45.0 Å². The van der Waals surface area contributed by atoms with Gasteiger partial charge in [0.2, 0.25) is 0 Å². The number of halogens is 1. The summed E-state index contributed by atoms with van der Waals surface area (Å²) in [6.45, 7) is 6.28. The van der Waals surface area contributed by atoms with Crippen LogP contribution in [0.15, 0.2) is 54.6 Å². The molecule has 3 aromatic rings. The lowest BCUT2D eigenvalue weighted by atomic mass is 9.98. The van der Waals surface area contributed by atoms with E-state index < -0.39 is 24.0 Å². The fraction of sp³-hybridized carbons (Fsp3) is 0.367. The van der Waals surface area contributed by atoms with Gasteiger partial charge in [-0.15, -0.1) is 0 Å². The summed E-state index contributed by atoms with van der Waals surface area (Å²) < 4.78 is 19.8. The van der Waals surface area contributed by atoms with Crippen molar-refractivity contribution in [1.82, 2.24) is 14.7 Å². The number of hydrogen-bond acceptors (Lipinski definition) is 6. The van der Waals surface area contributed by atoms with Gasteiger partial charge in [-0.3, -0.25) is 9.59 Å². The highest BCUT2D eigenvalue weighted by Gasteiger charge is 2.27. The van der Waals surface area contributed by atoms with E-state index in [-0.39, 0.29) is 30.4 Å². The second-order valence-electron chi connectivity index (χ2n) is 9.87. The molecule has 0 spiro atoms. The lowest BCUT2D eigenvalue weighted by Crippen LogP contribution is -2.28. The second-order valence-corrected chi connectivity index (χ2v) is 9.87. The zero-order valence-electron chi connectivity index (χ0n) is 23.0. The number of benzene rings is 2. The number of nitrogens with zero attached hydrogens (tertiary/aromatic N) is 3. The number of aliphatic hydroxyl groups is 2. The average Bonchev–Trinajstić information content (AvgIpc) is 3.28. The van der Waals surface area contributed by atoms with Crippen LogP contribution in [0.4, 0.5) is 4.39 Å². The van der Waals surface area contributed by atoms with Gasteiger partial charge in [-0.05, 0) is 54.3 Å². The molecular formula is C30H36FN3O5. The Labute approximate surface area is 228 Å². The summed E-state index contributed by atoms with van der Waals surface area (Å²) in [6.07, 6.45) is 0.629. The van der Waals surface area contributed by atoms with E-state index in [0.717, 1.165) is 11.1 Å². The fourth-order valence-corrected chi connectivity index (χ4v) is 4.32. The molecule has 3 rings (SSSR count). The van der Waals surface area contributed by atoms with Gasteiger partial charge in [-0.2, -0.15) is 5.10 Å². The standard InChI is InChI=1S/C30H36FN3O5/c1-19(2)28-26(15-14-24(35)16-25(36)17-27(37)39-5)34(23-12-10-22(31)11-13-23)32-29(28)30(38)33(4)18-21-9-7-6-8-20(21)3/h6-15,19,24-25,35-36H,16-18H2,1-5H3/b15-14+/t24-,25-/m1/s1. The number of carbonyl (C=O) groups excluding carboxylic acids is 2. The van der Waals surface area contributed by atoms with E-state index >= 15 is 0 Å². The van der Waals surface area contributed by atoms with Crippen LogP contribution in [0.2, 0.25) is 0 Å². The molecule has 1 amide bonds. The van der Waals surface area contributed by atoms with Crippen LogP contribution in [0.5, 0.6) is 0 Å². The van der Waals surface area contributed by atoms with Crippen LogP contribution < -0.4 is 0 Å². The number of aryl methyl sites for hydroxylation is 1. The highest BCUT2D eigenvalue weighted by molar-refractivity contribution is 5.95. The van der Waals surface area contributed by atoms with Crippen molar-refractivity contribution in [3.05, 3.63) is 88.5 Å². The van der Waals surface area contributed by atoms with Gasteiger partial charge in [0.15, 0.2) is 5.69 Å². The Kier molecular flexibility index (Phi) is 10.1. The monoisotopic (exact) mass is 537 g/mol. The largest absolute Gasteiger partial charge is 0.469 e. The van der Waals surface area contributed by atoms with Gasteiger partial charge in [0.25, 0.3) is 5.91 Å². The van der Waals surface area contributed by atoms with Gasteiger partial charge in [0.1, 0.15) is 5.82 Å². The molecule has 2 aromatic carbocycles.